The largest absolute Gasteiger partial charge is 0.480 e. The lowest BCUT2D eigenvalue weighted by Crippen LogP contribution is -2.56. The Labute approximate surface area is 188 Å². The minimum atomic E-state index is -1.06. The number of amides is 2. The molecule has 0 radical (unpaired) electrons. The molecule has 1 aliphatic rings. The Balaban J connectivity index is 2.20. The molecule has 0 aromatic heterocycles. The average molecular weight is 449 g/mol. The molecule has 0 saturated carbocycles. The van der Waals surface area contributed by atoms with Crippen LogP contribution in [0.4, 0.5) is 0 Å². The van der Waals surface area contributed by atoms with Crippen LogP contribution < -0.4 is 5.32 Å². The predicted octanol–water partition coefficient (Wildman–Crippen LogP) is 3.02. The lowest BCUT2D eigenvalue weighted by Gasteiger charge is -2.35. The molecule has 8 heteroatoms. The molecule has 2 amide bonds. The van der Waals surface area contributed by atoms with E-state index in [1.807, 2.05) is 37.3 Å². The van der Waals surface area contributed by atoms with Crippen LogP contribution in [0.5, 0.6) is 0 Å². The van der Waals surface area contributed by atoms with Gasteiger partial charge in [-0.1, -0.05) is 55.4 Å². The van der Waals surface area contributed by atoms with Gasteiger partial charge in [0.15, 0.2) is 5.12 Å². The molecule has 170 valence electrons. The molecular weight excluding hydrogens is 416 g/mol. The van der Waals surface area contributed by atoms with Crippen LogP contribution in [-0.4, -0.2) is 56.3 Å². The van der Waals surface area contributed by atoms with E-state index in [-0.39, 0.29) is 23.0 Å². The van der Waals surface area contributed by atoms with Crippen LogP contribution in [0.2, 0.25) is 0 Å². The van der Waals surface area contributed by atoms with Crippen LogP contribution >= 0.6 is 11.8 Å². The Bertz CT molecular complexity index is 785. The fourth-order valence-corrected chi connectivity index (χ4v) is 4.89. The third-order valence-electron chi connectivity index (χ3n) is 5.55. The maximum absolute atomic E-state index is 13.3. The predicted molar refractivity (Wildman–Crippen MR) is 121 cm³/mol. The lowest BCUT2D eigenvalue weighted by molar-refractivity contribution is -0.152. The van der Waals surface area contributed by atoms with Crippen LogP contribution in [0.25, 0.3) is 0 Å². The van der Waals surface area contributed by atoms with Crippen LogP contribution in [0.1, 0.15) is 58.4 Å². The summed E-state index contributed by atoms with van der Waals surface area (Å²) in [5.74, 6) is -1.79. The third kappa shape index (κ3) is 7.09. The molecule has 0 bridgehead atoms. The third-order valence-corrected chi connectivity index (χ3v) is 6.55. The maximum Gasteiger partial charge on any atom is 0.326 e. The van der Waals surface area contributed by atoms with Crippen LogP contribution in [-0.2, 0) is 25.6 Å². The topological polar surface area (TPSA) is 104 Å². The molecule has 4 atom stereocenters. The highest BCUT2D eigenvalue weighted by Crippen LogP contribution is 2.25. The first-order chi connectivity index (χ1) is 14.7. The van der Waals surface area contributed by atoms with E-state index in [4.69, 9.17) is 0 Å². The Morgan fingerprint density at radius 1 is 1.23 bits per heavy atom. The molecule has 2 rings (SSSR count). The summed E-state index contributed by atoms with van der Waals surface area (Å²) in [5, 5.41) is 11.5. The summed E-state index contributed by atoms with van der Waals surface area (Å²) in [5.41, 5.74) is 0.924. The molecule has 4 unspecified atom stereocenters. The van der Waals surface area contributed by atoms with Gasteiger partial charge in [-0.25, -0.2) is 4.79 Å². The van der Waals surface area contributed by atoms with Gasteiger partial charge in [-0.2, -0.15) is 0 Å². The number of hydrogen-bond donors (Lipinski definition) is 2. The highest BCUT2D eigenvalue weighted by Gasteiger charge is 2.39. The zero-order valence-corrected chi connectivity index (χ0v) is 19.2. The second-order valence-corrected chi connectivity index (χ2v) is 9.36. The Morgan fingerprint density at radius 3 is 2.48 bits per heavy atom. The van der Waals surface area contributed by atoms with E-state index in [9.17, 15) is 24.3 Å². The first-order valence-corrected chi connectivity index (χ1v) is 11.7. The molecule has 1 aromatic carbocycles. The van der Waals surface area contributed by atoms with Gasteiger partial charge in [0.25, 0.3) is 0 Å². The number of rotatable bonds is 9. The highest BCUT2D eigenvalue weighted by atomic mass is 32.2. The van der Waals surface area contributed by atoms with Gasteiger partial charge in [-0.05, 0) is 44.6 Å². The van der Waals surface area contributed by atoms with Gasteiger partial charge >= 0.3 is 5.97 Å². The summed E-state index contributed by atoms with van der Waals surface area (Å²) >= 11 is 0.948. The second-order valence-electron chi connectivity index (χ2n) is 7.98. The molecule has 2 N–H and O–H groups in total. The number of nitrogens with zero attached hydrogens (tertiary/aromatic N) is 1. The molecule has 31 heavy (non-hydrogen) atoms. The minimum Gasteiger partial charge on any atom is -0.480 e. The van der Waals surface area contributed by atoms with Gasteiger partial charge < -0.3 is 15.3 Å². The fraction of sp³-hybridized carbons (Fsp3) is 0.565. The summed E-state index contributed by atoms with van der Waals surface area (Å²) in [4.78, 5) is 51.2. The Kier molecular flexibility index (Phi) is 9.55. The van der Waals surface area contributed by atoms with Crippen molar-refractivity contribution in [2.75, 3.05) is 0 Å². The Hall–Kier alpha value is -2.35. The van der Waals surface area contributed by atoms with Crippen molar-refractivity contribution < 1.29 is 24.3 Å². The Morgan fingerprint density at radius 2 is 1.90 bits per heavy atom. The maximum atomic E-state index is 13.3. The summed E-state index contributed by atoms with van der Waals surface area (Å²) in [6, 6.07) is 7.50. The van der Waals surface area contributed by atoms with Crippen molar-refractivity contribution >= 4 is 34.7 Å². The molecule has 0 aliphatic carbocycles. The van der Waals surface area contributed by atoms with Gasteiger partial charge in [-0.3, -0.25) is 14.4 Å². The number of benzene rings is 1. The summed E-state index contributed by atoms with van der Waals surface area (Å²) < 4.78 is 0. The van der Waals surface area contributed by atoms with Crippen molar-refractivity contribution in [3.8, 4) is 0 Å². The van der Waals surface area contributed by atoms with Gasteiger partial charge in [0.05, 0.1) is 5.25 Å². The standard InChI is InChI=1S/C23H32N2O5S/c1-4-9-18-12-8-13-19(22(28)25(18)15(2)23(29)30)24-21(27)20(31-16(3)26)14-17-10-6-5-7-11-17/h5-7,10-11,15,18-20H,4,8-9,12-14H2,1-3H3,(H,24,27)(H,29,30). The minimum absolute atomic E-state index is 0.155. The number of carbonyl (C=O) groups is 4. The van der Waals surface area contributed by atoms with Crippen molar-refractivity contribution in [2.45, 2.75) is 82.7 Å². The number of likely N-dealkylation sites (tertiary alicyclic amines) is 1. The van der Waals surface area contributed by atoms with Crippen molar-refractivity contribution in [2.24, 2.45) is 0 Å². The number of hydrogen-bond acceptors (Lipinski definition) is 5. The molecule has 7 nitrogen and oxygen atoms in total. The van der Waals surface area contributed by atoms with Crippen molar-refractivity contribution in [3.63, 3.8) is 0 Å². The van der Waals surface area contributed by atoms with E-state index in [0.717, 1.165) is 30.2 Å². The molecule has 1 aliphatic heterocycles. The molecule has 0 spiro atoms. The summed E-state index contributed by atoms with van der Waals surface area (Å²) in [7, 11) is 0. The van der Waals surface area contributed by atoms with Crippen molar-refractivity contribution in [1.82, 2.24) is 10.2 Å². The number of carboxylic acid groups (broad SMARTS) is 1. The number of thioether (sulfide) groups is 1. The van der Waals surface area contributed by atoms with Gasteiger partial charge in [0, 0.05) is 13.0 Å². The summed E-state index contributed by atoms with van der Waals surface area (Å²) in [6.45, 7) is 4.93. The molecular formula is C23H32N2O5S. The molecule has 1 saturated heterocycles. The average Bonchev–Trinajstić information content (AvgIpc) is 2.86. The van der Waals surface area contributed by atoms with Crippen molar-refractivity contribution in [3.05, 3.63) is 35.9 Å². The van der Waals surface area contributed by atoms with Gasteiger partial charge in [0.2, 0.25) is 11.8 Å². The number of carboxylic acids is 1. The van der Waals surface area contributed by atoms with E-state index in [1.165, 1.54) is 18.7 Å². The van der Waals surface area contributed by atoms with E-state index < -0.39 is 23.3 Å². The van der Waals surface area contributed by atoms with E-state index >= 15 is 0 Å². The highest BCUT2D eigenvalue weighted by molar-refractivity contribution is 8.14. The quantitative estimate of drug-likeness (QED) is 0.602. The second kappa shape index (κ2) is 11.9. The smallest absolute Gasteiger partial charge is 0.326 e. The number of carbonyl (C=O) groups excluding carboxylic acids is 3. The lowest BCUT2D eigenvalue weighted by atomic mass is 10.0. The zero-order chi connectivity index (χ0) is 23.0. The molecule has 1 heterocycles. The molecule has 1 aromatic rings. The van der Waals surface area contributed by atoms with Gasteiger partial charge in [0.1, 0.15) is 12.1 Å². The first-order valence-electron chi connectivity index (χ1n) is 10.8. The SMILES string of the molecule is CCCC1CCCC(NC(=O)C(Cc2ccccc2)SC(C)=O)C(=O)N1C(C)C(=O)O. The van der Waals surface area contributed by atoms with Crippen LogP contribution in [0.15, 0.2) is 30.3 Å². The number of aliphatic carboxylic acids is 1. The van der Waals surface area contributed by atoms with E-state index in [0.29, 0.717) is 25.7 Å². The summed E-state index contributed by atoms with van der Waals surface area (Å²) in [6.07, 6.45) is 3.81. The van der Waals surface area contributed by atoms with E-state index in [2.05, 4.69) is 5.32 Å². The van der Waals surface area contributed by atoms with E-state index in [1.54, 1.807) is 0 Å². The number of nitrogens with one attached hydrogen (secondary N) is 1. The fourth-order valence-electron chi connectivity index (χ4n) is 4.04. The van der Waals surface area contributed by atoms with Crippen LogP contribution in [0, 0.1) is 0 Å². The normalized spacial score (nSPS) is 21.1. The van der Waals surface area contributed by atoms with Crippen molar-refractivity contribution in [1.29, 1.82) is 0 Å². The van der Waals surface area contributed by atoms with Crippen LogP contribution in [0.3, 0.4) is 0 Å². The molecule has 1 fully saturated rings. The first kappa shape index (κ1) is 24.9. The zero-order valence-electron chi connectivity index (χ0n) is 18.4. The monoisotopic (exact) mass is 448 g/mol. The van der Waals surface area contributed by atoms with Gasteiger partial charge in [-0.15, -0.1) is 0 Å².